The van der Waals surface area contributed by atoms with Gasteiger partial charge in [-0.3, -0.25) is 9.36 Å². The molecule has 0 saturated carbocycles. The number of carbonyl (C=O) groups is 1. The third kappa shape index (κ3) is 6.03. The van der Waals surface area contributed by atoms with Crippen molar-refractivity contribution in [2.75, 3.05) is 27.1 Å². The molecular formula is C34H32N2O8S. The van der Waals surface area contributed by atoms with Crippen LogP contribution in [-0.2, 0) is 16.1 Å². The number of esters is 1. The fourth-order valence-electron chi connectivity index (χ4n) is 5.25. The maximum atomic E-state index is 14.0. The normalized spacial score (nSPS) is 15.4. The molecule has 0 amide bonds. The molecule has 3 aromatic carbocycles. The van der Waals surface area contributed by atoms with Crippen molar-refractivity contribution < 1.29 is 33.2 Å². The fraction of sp³-hybridized carbons (Fsp3) is 0.265. The molecule has 232 valence electrons. The third-order valence-corrected chi connectivity index (χ3v) is 8.32. The largest absolute Gasteiger partial charge is 0.493 e. The monoisotopic (exact) mass is 628 g/mol. The van der Waals surface area contributed by atoms with Crippen LogP contribution < -0.4 is 38.6 Å². The van der Waals surface area contributed by atoms with Gasteiger partial charge < -0.3 is 28.4 Å². The minimum absolute atomic E-state index is 0.190. The number of hydrogen-bond donors (Lipinski definition) is 0. The van der Waals surface area contributed by atoms with Crippen LogP contribution in [0.4, 0.5) is 0 Å². The molecule has 4 aromatic rings. The minimum Gasteiger partial charge on any atom is -0.493 e. The van der Waals surface area contributed by atoms with E-state index in [9.17, 15) is 9.59 Å². The Balaban J connectivity index is 1.33. The number of ether oxygens (including phenoxy) is 6. The Bertz CT molecular complexity index is 1960. The van der Waals surface area contributed by atoms with Crippen molar-refractivity contribution in [2.24, 2.45) is 4.99 Å². The summed E-state index contributed by atoms with van der Waals surface area (Å²) in [5, 5.41) is 0. The van der Waals surface area contributed by atoms with Crippen LogP contribution in [0.5, 0.6) is 28.7 Å². The summed E-state index contributed by atoms with van der Waals surface area (Å²) < 4.78 is 35.5. The summed E-state index contributed by atoms with van der Waals surface area (Å²) >= 11 is 1.26. The standard InChI is InChI=1S/C34H32N2O8S/c1-5-40-28-17-23(10-14-25(28)39-4)31-30(33(38)41-6-2)20(3)35-34-36(31)32(37)29(45-34)16-21-7-11-24(12-8-21)42-18-22-9-13-26-27(15-22)44-19-43-26/h7-17,31H,5-6,18-19H2,1-4H3/b29-16-/t31-/m1/s1. The van der Waals surface area contributed by atoms with Crippen molar-refractivity contribution in [3.05, 3.63) is 108 Å². The van der Waals surface area contributed by atoms with Gasteiger partial charge in [-0.05, 0) is 79.9 Å². The van der Waals surface area contributed by atoms with Crippen LogP contribution in [0.3, 0.4) is 0 Å². The van der Waals surface area contributed by atoms with Gasteiger partial charge in [-0.15, -0.1) is 0 Å². The van der Waals surface area contributed by atoms with Gasteiger partial charge in [0, 0.05) is 0 Å². The van der Waals surface area contributed by atoms with Crippen molar-refractivity contribution in [1.29, 1.82) is 0 Å². The maximum absolute atomic E-state index is 14.0. The lowest BCUT2D eigenvalue weighted by molar-refractivity contribution is -0.139. The quantitative estimate of drug-likeness (QED) is 0.236. The van der Waals surface area contributed by atoms with Crippen LogP contribution in [-0.4, -0.2) is 37.7 Å². The number of aromatic nitrogens is 1. The molecule has 0 saturated heterocycles. The van der Waals surface area contributed by atoms with E-state index in [4.69, 9.17) is 28.4 Å². The number of fused-ring (bicyclic) bond motifs is 2. The van der Waals surface area contributed by atoms with Gasteiger partial charge >= 0.3 is 5.97 Å². The summed E-state index contributed by atoms with van der Waals surface area (Å²) in [4.78, 5) is 32.4. The first-order chi connectivity index (χ1) is 21.9. The zero-order valence-electron chi connectivity index (χ0n) is 25.3. The van der Waals surface area contributed by atoms with Crippen LogP contribution in [0, 0.1) is 0 Å². The second-order valence-corrected chi connectivity index (χ2v) is 11.2. The molecule has 2 aliphatic rings. The van der Waals surface area contributed by atoms with Gasteiger partial charge in [0.25, 0.3) is 5.56 Å². The molecule has 1 atom stereocenters. The number of benzene rings is 3. The molecule has 11 heteroatoms. The summed E-state index contributed by atoms with van der Waals surface area (Å²) in [5.41, 5.74) is 2.97. The number of carbonyl (C=O) groups excluding carboxylic acids is 1. The van der Waals surface area contributed by atoms with Crippen LogP contribution in [0.2, 0.25) is 0 Å². The Kier molecular flexibility index (Phi) is 8.61. The molecule has 2 aliphatic heterocycles. The van der Waals surface area contributed by atoms with Gasteiger partial charge in [-0.2, -0.15) is 0 Å². The molecule has 0 radical (unpaired) electrons. The maximum Gasteiger partial charge on any atom is 0.338 e. The van der Waals surface area contributed by atoms with Gasteiger partial charge in [0.1, 0.15) is 12.4 Å². The van der Waals surface area contributed by atoms with Crippen molar-refractivity contribution in [2.45, 2.75) is 33.4 Å². The number of rotatable bonds is 10. The van der Waals surface area contributed by atoms with Crippen LogP contribution in [0.1, 0.15) is 43.5 Å². The SMILES string of the molecule is CCOC(=O)C1=C(C)N=c2s/c(=C\c3ccc(OCc4ccc5c(c4)OCO5)cc3)c(=O)n2[C@@H]1c1ccc(OC)c(OCC)c1. The Morgan fingerprint density at radius 2 is 1.80 bits per heavy atom. The Morgan fingerprint density at radius 3 is 2.56 bits per heavy atom. The van der Waals surface area contributed by atoms with E-state index >= 15 is 0 Å². The highest BCUT2D eigenvalue weighted by molar-refractivity contribution is 7.07. The van der Waals surface area contributed by atoms with E-state index in [1.165, 1.54) is 11.3 Å². The van der Waals surface area contributed by atoms with E-state index in [0.29, 0.717) is 62.4 Å². The molecule has 0 N–H and O–H groups in total. The summed E-state index contributed by atoms with van der Waals surface area (Å²) in [5.74, 6) is 2.66. The van der Waals surface area contributed by atoms with Crippen molar-refractivity contribution in [1.82, 2.24) is 4.57 Å². The second kappa shape index (κ2) is 12.9. The lowest BCUT2D eigenvalue weighted by Gasteiger charge is -2.25. The number of hydrogen-bond acceptors (Lipinski definition) is 10. The highest BCUT2D eigenvalue weighted by Crippen LogP contribution is 2.36. The first-order valence-corrected chi connectivity index (χ1v) is 15.3. The van der Waals surface area contributed by atoms with E-state index in [1.807, 2.05) is 61.5 Å². The Morgan fingerprint density at radius 1 is 1.00 bits per heavy atom. The smallest absolute Gasteiger partial charge is 0.338 e. The zero-order chi connectivity index (χ0) is 31.5. The average molecular weight is 629 g/mol. The second-order valence-electron chi connectivity index (χ2n) is 10.2. The first-order valence-electron chi connectivity index (χ1n) is 14.5. The molecule has 10 nitrogen and oxygen atoms in total. The third-order valence-electron chi connectivity index (χ3n) is 7.34. The molecule has 0 unspecified atom stereocenters. The predicted molar refractivity (Wildman–Crippen MR) is 168 cm³/mol. The summed E-state index contributed by atoms with van der Waals surface area (Å²) in [6.45, 7) is 6.58. The molecule has 0 aliphatic carbocycles. The number of thiazole rings is 1. The molecule has 3 heterocycles. The van der Waals surface area contributed by atoms with Crippen LogP contribution in [0.25, 0.3) is 6.08 Å². The minimum atomic E-state index is -0.764. The molecule has 1 aromatic heterocycles. The van der Waals surface area contributed by atoms with Crippen molar-refractivity contribution in [3.8, 4) is 28.7 Å². The topological polar surface area (TPSA) is 107 Å². The van der Waals surface area contributed by atoms with E-state index in [-0.39, 0.29) is 19.0 Å². The molecule has 0 bridgehead atoms. The Hall–Kier alpha value is -5.03. The average Bonchev–Trinajstić information content (AvgIpc) is 3.63. The van der Waals surface area contributed by atoms with E-state index < -0.39 is 12.0 Å². The molecule has 0 spiro atoms. The van der Waals surface area contributed by atoms with Gasteiger partial charge in [-0.25, -0.2) is 9.79 Å². The van der Waals surface area contributed by atoms with Crippen LogP contribution >= 0.6 is 11.3 Å². The molecule has 45 heavy (non-hydrogen) atoms. The molecule has 6 rings (SSSR count). The summed E-state index contributed by atoms with van der Waals surface area (Å²) in [6.07, 6.45) is 1.81. The van der Waals surface area contributed by atoms with Gasteiger partial charge in [0.05, 0.1) is 42.2 Å². The summed E-state index contributed by atoms with van der Waals surface area (Å²) in [6, 6.07) is 17.8. The first kappa shape index (κ1) is 30.0. The summed E-state index contributed by atoms with van der Waals surface area (Å²) in [7, 11) is 1.56. The van der Waals surface area contributed by atoms with Gasteiger partial charge in [0.15, 0.2) is 27.8 Å². The fourth-order valence-corrected chi connectivity index (χ4v) is 6.29. The molecular weight excluding hydrogens is 596 g/mol. The van der Waals surface area contributed by atoms with Gasteiger partial charge in [0.2, 0.25) is 6.79 Å². The van der Waals surface area contributed by atoms with Crippen LogP contribution in [0.15, 0.2) is 81.7 Å². The van der Waals surface area contributed by atoms with Crippen molar-refractivity contribution >= 4 is 23.4 Å². The van der Waals surface area contributed by atoms with E-state index in [0.717, 1.165) is 16.9 Å². The lowest BCUT2D eigenvalue weighted by atomic mass is 9.95. The Labute approximate surface area is 263 Å². The highest BCUT2D eigenvalue weighted by Gasteiger charge is 2.34. The lowest BCUT2D eigenvalue weighted by Crippen LogP contribution is -2.40. The number of methoxy groups -OCH3 is 1. The molecule has 0 fully saturated rings. The van der Waals surface area contributed by atoms with Crippen molar-refractivity contribution in [3.63, 3.8) is 0 Å². The number of nitrogens with zero attached hydrogens (tertiary/aromatic N) is 2. The van der Waals surface area contributed by atoms with E-state index in [2.05, 4.69) is 4.99 Å². The van der Waals surface area contributed by atoms with E-state index in [1.54, 1.807) is 37.7 Å². The van der Waals surface area contributed by atoms with Gasteiger partial charge in [-0.1, -0.05) is 35.6 Å². The predicted octanol–water partition coefficient (Wildman–Crippen LogP) is 4.51. The highest BCUT2D eigenvalue weighted by atomic mass is 32.1. The number of allylic oxidation sites excluding steroid dienone is 1. The zero-order valence-corrected chi connectivity index (χ0v) is 26.1.